The zero-order chi connectivity index (χ0) is 18.0. The van der Waals surface area contributed by atoms with Gasteiger partial charge in [-0.2, -0.15) is 0 Å². The summed E-state index contributed by atoms with van der Waals surface area (Å²) in [6.45, 7) is 6.17. The maximum absolute atomic E-state index is 14.6. The van der Waals surface area contributed by atoms with Gasteiger partial charge in [0, 0.05) is 0 Å². The zero-order valence-electron chi connectivity index (χ0n) is 15.1. The minimum absolute atomic E-state index is 0.0323. The Labute approximate surface area is 149 Å². The molecule has 1 aliphatic rings. The minimum atomic E-state index is -0.369. The molecule has 0 radical (unpaired) electrons. The number of rotatable bonds is 5. The third-order valence-electron chi connectivity index (χ3n) is 5.24. The molecule has 2 aromatic rings. The van der Waals surface area contributed by atoms with Crippen molar-refractivity contribution < 1.29 is 13.9 Å². The molecule has 0 aliphatic carbocycles. The molecule has 0 fully saturated rings. The van der Waals surface area contributed by atoms with Crippen LogP contribution < -0.4 is 4.74 Å². The fourth-order valence-corrected chi connectivity index (χ4v) is 3.54. The van der Waals surface area contributed by atoms with Gasteiger partial charge in [-0.05, 0) is 47.4 Å². The molecule has 0 spiro atoms. The van der Waals surface area contributed by atoms with Gasteiger partial charge in [-0.1, -0.05) is 63.6 Å². The molecule has 0 saturated carbocycles. The van der Waals surface area contributed by atoms with Gasteiger partial charge in [-0.3, -0.25) is 4.79 Å². The molecule has 2 atom stereocenters. The van der Waals surface area contributed by atoms with Gasteiger partial charge in [0.25, 0.3) is 0 Å². The fraction of sp³-hybridized carbons (Fsp3) is 0.409. The molecule has 0 N–H and O–H groups in total. The van der Waals surface area contributed by atoms with Crippen LogP contribution in [0.25, 0.3) is 0 Å². The van der Waals surface area contributed by atoms with Crippen LogP contribution in [0.15, 0.2) is 36.4 Å². The van der Waals surface area contributed by atoms with Gasteiger partial charge in [0.2, 0.25) is 0 Å². The predicted octanol–water partition coefficient (Wildman–Crippen LogP) is 5.22. The second-order valence-corrected chi connectivity index (χ2v) is 6.89. The van der Waals surface area contributed by atoms with E-state index in [-0.39, 0.29) is 29.4 Å². The molecule has 0 bridgehead atoms. The Hall–Kier alpha value is -2.16. The van der Waals surface area contributed by atoms with E-state index in [1.165, 1.54) is 5.56 Å². The van der Waals surface area contributed by atoms with Crippen molar-refractivity contribution in [2.75, 3.05) is 0 Å². The van der Waals surface area contributed by atoms with Crippen LogP contribution in [0.1, 0.15) is 55.4 Å². The summed E-state index contributed by atoms with van der Waals surface area (Å²) in [5.74, 6) is -0.805. The Balaban J connectivity index is 1.85. The number of hydrogen-bond donors (Lipinski definition) is 0. The van der Waals surface area contributed by atoms with Crippen LogP contribution in [-0.4, -0.2) is 5.97 Å². The normalized spacial score (nSPS) is 17.8. The van der Waals surface area contributed by atoms with Crippen molar-refractivity contribution in [3.05, 3.63) is 64.5 Å². The van der Waals surface area contributed by atoms with Crippen molar-refractivity contribution in [3.63, 3.8) is 0 Å². The van der Waals surface area contributed by atoms with Crippen molar-refractivity contribution in [3.8, 4) is 5.75 Å². The van der Waals surface area contributed by atoms with Crippen LogP contribution in [-0.2, 0) is 24.1 Å². The predicted molar refractivity (Wildman–Crippen MR) is 97.5 cm³/mol. The van der Waals surface area contributed by atoms with Crippen LogP contribution in [0.5, 0.6) is 5.75 Å². The lowest BCUT2D eigenvalue weighted by molar-refractivity contribution is -0.141. The molecule has 2 unspecified atom stereocenters. The van der Waals surface area contributed by atoms with E-state index in [9.17, 15) is 9.18 Å². The summed E-state index contributed by atoms with van der Waals surface area (Å²) in [6.07, 6.45) is 3.03. The first-order valence-electron chi connectivity index (χ1n) is 9.15. The van der Waals surface area contributed by atoms with Crippen molar-refractivity contribution >= 4 is 5.97 Å². The molecular formula is C22H25FO2. The first kappa shape index (κ1) is 17.7. The highest BCUT2D eigenvalue weighted by atomic mass is 19.1. The number of fused-ring (bicyclic) bond motifs is 1. The summed E-state index contributed by atoms with van der Waals surface area (Å²) in [4.78, 5) is 12.5. The van der Waals surface area contributed by atoms with Crippen molar-refractivity contribution in [2.24, 2.45) is 5.92 Å². The van der Waals surface area contributed by atoms with Gasteiger partial charge in [-0.15, -0.1) is 0 Å². The molecule has 3 heteroatoms. The highest BCUT2D eigenvalue weighted by Crippen LogP contribution is 2.38. The molecule has 132 valence electrons. The van der Waals surface area contributed by atoms with Gasteiger partial charge in [0.05, 0.1) is 5.92 Å². The molecule has 2 aromatic carbocycles. The molecule has 0 amide bonds. The van der Waals surface area contributed by atoms with E-state index in [4.69, 9.17) is 4.74 Å². The SMILES string of the molecule is CCCc1ccc2c(c1F)OC(=O)C(C(C)c1ccc(CC)cc1)C2. The van der Waals surface area contributed by atoms with Crippen molar-refractivity contribution in [1.29, 1.82) is 0 Å². The second-order valence-electron chi connectivity index (χ2n) is 6.89. The Morgan fingerprint density at radius 3 is 2.52 bits per heavy atom. The summed E-state index contributed by atoms with van der Waals surface area (Å²) in [5.41, 5.74) is 3.80. The van der Waals surface area contributed by atoms with E-state index in [2.05, 4.69) is 31.2 Å². The number of carbonyl (C=O) groups is 1. The Kier molecular flexibility index (Phi) is 5.22. The van der Waals surface area contributed by atoms with Crippen LogP contribution >= 0.6 is 0 Å². The highest BCUT2D eigenvalue weighted by Gasteiger charge is 2.35. The second kappa shape index (κ2) is 7.38. The van der Waals surface area contributed by atoms with Gasteiger partial charge in [0.15, 0.2) is 11.6 Å². The number of hydrogen-bond acceptors (Lipinski definition) is 2. The lowest BCUT2D eigenvalue weighted by atomic mass is 9.81. The van der Waals surface area contributed by atoms with Gasteiger partial charge < -0.3 is 4.74 Å². The topological polar surface area (TPSA) is 26.3 Å². The summed E-state index contributed by atoms with van der Waals surface area (Å²) in [5, 5.41) is 0. The van der Waals surface area contributed by atoms with Crippen LogP contribution in [0, 0.1) is 11.7 Å². The first-order chi connectivity index (χ1) is 12.0. The lowest BCUT2D eigenvalue weighted by Crippen LogP contribution is -2.32. The summed E-state index contributed by atoms with van der Waals surface area (Å²) in [7, 11) is 0. The maximum atomic E-state index is 14.6. The Morgan fingerprint density at radius 1 is 1.16 bits per heavy atom. The van der Waals surface area contributed by atoms with Crippen molar-refractivity contribution in [1.82, 2.24) is 0 Å². The molecule has 25 heavy (non-hydrogen) atoms. The molecule has 1 aliphatic heterocycles. The average Bonchev–Trinajstić information content (AvgIpc) is 2.64. The average molecular weight is 340 g/mol. The Morgan fingerprint density at radius 2 is 1.88 bits per heavy atom. The van der Waals surface area contributed by atoms with Crippen LogP contribution in [0.4, 0.5) is 4.39 Å². The molecule has 0 aromatic heterocycles. The largest absolute Gasteiger partial charge is 0.423 e. The molecule has 3 rings (SSSR count). The van der Waals surface area contributed by atoms with E-state index in [1.54, 1.807) is 0 Å². The molecular weight excluding hydrogens is 315 g/mol. The lowest BCUT2D eigenvalue weighted by Gasteiger charge is -2.28. The third-order valence-corrected chi connectivity index (χ3v) is 5.24. The van der Waals surface area contributed by atoms with Crippen LogP contribution in [0.3, 0.4) is 0 Å². The van der Waals surface area contributed by atoms with E-state index < -0.39 is 0 Å². The number of esters is 1. The van der Waals surface area contributed by atoms with E-state index >= 15 is 0 Å². The highest BCUT2D eigenvalue weighted by molar-refractivity contribution is 5.79. The quantitative estimate of drug-likeness (QED) is 0.551. The van der Waals surface area contributed by atoms with Crippen LogP contribution in [0.2, 0.25) is 0 Å². The smallest absolute Gasteiger partial charge is 0.315 e. The number of halogens is 1. The maximum Gasteiger partial charge on any atom is 0.315 e. The minimum Gasteiger partial charge on any atom is -0.423 e. The summed E-state index contributed by atoms with van der Waals surface area (Å²) >= 11 is 0. The van der Waals surface area contributed by atoms with E-state index in [1.807, 2.05) is 26.0 Å². The number of benzene rings is 2. The zero-order valence-corrected chi connectivity index (χ0v) is 15.1. The van der Waals surface area contributed by atoms with E-state index in [0.29, 0.717) is 18.4 Å². The number of aryl methyl sites for hydroxylation is 2. The van der Waals surface area contributed by atoms with Crippen molar-refractivity contribution in [2.45, 2.75) is 52.4 Å². The Bertz CT molecular complexity index is 764. The number of ether oxygens (including phenoxy) is 1. The van der Waals surface area contributed by atoms with Gasteiger partial charge >= 0.3 is 5.97 Å². The van der Waals surface area contributed by atoms with E-state index in [0.717, 1.165) is 24.0 Å². The standard InChI is InChI=1S/C22H25FO2/c1-4-6-17-11-12-18-13-19(22(24)25-21(18)20(17)23)14(3)16-9-7-15(5-2)8-10-16/h7-12,14,19H,4-6,13H2,1-3H3. The monoisotopic (exact) mass is 340 g/mol. The van der Waals surface area contributed by atoms with Gasteiger partial charge in [0.1, 0.15) is 0 Å². The molecule has 0 saturated heterocycles. The number of carbonyl (C=O) groups excluding carboxylic acids is 1. The first-order valence-corrected chi connectivity index (χ1v) is 9.15. The fourth-order valence-electron chi connectivity index (χ4n) is 3.54. The third kappa shape index (κ3) is 3.46. The van der Waals surface area contributed by atoms with Gasteiger partial charge in [-0.25, -0.2) is 4.39 Å². The summed E-state index contributed by atoms with van der Waals surface area (Å²) in [6, 6.07) is 12.1. The summed E-state index contributed by atoms with van der Waals surface area (Å²) < 4.78 is 20.0. The molecule has 2 nitrogen and oxygen atoms in total. The molecule has 1 heterocycles.